The van der Waals surface area contributed by atoms with Crippen LogP contribution in [-0.4, -0.2) is 50.7 Å². The Balaban J connectivity index is 0. The molecule has 3 N–H and O–H groups in total. The van der Waals surface area contributed by atoms with Crippen molar-refractivity contribution < 1.29 is 58.5 Å². The van der Waals surface area contributed by atoms with E-state index >= 15 is 0 Å². The van der Waals surface area contributed by atoms with Gasteiger partial charge in [-0.15, -0.1) is 0 Å². The largest absolute Gasteiger partial charge is 1.00 e. The van der Waals surface area contributed by atoms with Crippen molar-refractivity contribution in [2.75, 3.05) is 31.8 Å². The zero-order valence-electron chi connectivity index (χ0n) is 13.6. The van der Waals surface area contributed by atoms with E-state index in [0.29, 0.717) is 17.2 Å². The summed E-state index contributed by atoms with van der Waals surface area (Å²) in [4.78, 5) is 0. The summed E-state index contributed by atoms with van der Waals surface area (Å²) in [5.41, 5.74) is 1.45. The van der Waals surface area contributed by atoms with Gasteiger partial charge in [-0.25, -0.2) is 0 Å². The molecule has 0 fully saturated rings. The normalized spacial score (nSPS) is 12.2. The van der Waals surface area contributed by atoms with Crippen LogP contribution in [0.5, 0.6) is 11.5 Å². The van der Waals surface area contributed by atoms with Gasteiger partial charge in [0, 0.05) is 29.9 Å². The molecule has 1 aromatic carbocycles. The molecule has 1 unspecified atom stereocenters. The Morgan fingerprint density at radius 3 is 2.43 bits per heavy atom. The van der Waals surface area contributed by atoms with Gasteiger partial charge < -0.3 is 21.3 Å². The Bertz CT molecular complexity index is 569. The third-order valence-corrected chi connectivity index (χ3v) is 3.53. The SMILES string of the molecule is COc1cc(NCC(O)CS(=O)(=O)O)c(C)c(OC)c1.[H-].[Na+]. The molecule has 1 rings (SSSR count). The first kappa shape index (κ1) is 20.5. The van der Waals surface area contributed by atoms with Gasteiger partial charge in [0.15, 0.2) is 0 Å². The first-order valence-electron chi connectivity index (χ1n) is 5.86. The molecule has 0 aliphatic heterocycles. The number of methoxy groups -OCH3 is 2. The number of anilines is 1. The van der Waals surface area contributed by atoms with Crippen molar-refractivity contribution in [1.29, 1.82) is 0 Å². The molecule has 0 amide bonds. The van der Waals surface area contributed by atoms with E-state index in [-0.39, 0.29) is 37.5 Å². The van der Waals surface area contributed by atoms with Gasteiger partial charge in [0.1, 0.15) is 17.3 Å². The molecule has 21 heavy (non-hydrogen) atoms. The Hall–Kier alpha value is -0.510. The predicted octanol–water partition coefficient (Wildman–Crippen LogP) is -2.21. The Morgan fingerprint density at radius 1 is 1.33 bits per heavy atom. The number of aliphatic hydroxyl groups is 1. The molecular formula is C12H20NNaO6S. The van der Waals surface area contributed by atoms with Crippen molar-refractivity contribution in [3.63, 3.8) is 0 Å². The van der Waals surface area contributed by atoms with Gasteiger partial charge in [0.2, 0.25) is 0 Å². The van der Waals surface area contributed by atoms with Crippen molar-refractivity contribution in [2.45, 2.75) is 13.0 Å². The van der Waals surface area contributed by atoms with Gasteiger partial charge in [-0.3, -0.25) is 4.55 Å². The standard InChI is InChI=1S/C12H19NO6S.Na.H/c1-8-11(4-10(18-2)5-12(8)19-3)13-6-9(14)7-20(15,16)17;;/h4-5,9,13-14H,6-7H2,1-3H3,(H,15,16,17);;/q;+1;-1. The van der Waals surface area contributed by atoms with E-state index in [2.05, 4.69) is 5.32 Å². The summed E-state index contributed by atoms with van der Waals surface area (Å²) >= 11 is 0. The number of ether oxygens (including phenoxy) is 2. The molecule has 1 atom stereocenters. The summed E-state index contributed by atoms with van der Waals surface area (Å²) in [5, 5.41) is 12.4. The van der Waals surface area contributed by atoms with E-state index in [1.807, 2.05) is 6.92 Å². The van der Waals surface area contributed by atoms with Crippen molar-refractivity contribution >= 4 is 15.8 Å². The van der Waals surface area contributed by atoms with Gasteiger partial charge in [-0.2, -0.15) is 8.42 Å². The van der Waals surface area contributed by atoms with Crippen LogP contribution < -0.4 is 44.3 Å². The molecule has 9 heteroatoms. The average Bonchev–Trinajstić information content (AvgIpc) is 2.35. The summed E-state index contributed by atoms with van der Waals surface area (Å²) in [5.74, 6) is 0.454. The Labute approximate surface area is 148 Å². The molecule has 0 spiro atoms. The molecule has 1 aromatic rings. The fourth-order valence-corrected chi connectivity index (χ4v) is 2.31. The molecule has 0 bridgehead atoms. The quantitative estimate of drug-likeness (QED) is 0.385. The maximum Gasteiger partial charge on any atom is 1.00 e. The number of hydrogen-bond acceptors (Lipinski definition) is 6. The van der Waals surface area contributed by atoms with Gasteiger partial charge in [-0.05, 0) is 6.92 Å². The summed E-state index contributed by atoms with van der Waals surface area (Å²) < 4.78 is 40.3. The third-order valence-electron chi connectivity index (χ3n) is 2.72. The first-order valence-corrected chi connectivity index (χ1v) is 7.47. The van der Waals surface area contributed by atoms with Crippen LogP contribution in [0.1, 0.15) is 6.99 Å². The second-order valence-corrected chi connectivity index (χ2v) is 5.78. The summed E-state index contributed by atoms with van der Waals surface area (Å²) in [6, 6.07) is 3.42. The van der Waals surface area contributed by atoms with Crippen molar-refractivity contribution in [3.05, 3.63) is 17.7 Å². The average molecular weight is 329 g/mol. The van der Waals surface area contributed by atoms with Crippen LogP contribution >= 0.6 is 0 Å². The fraction of sp³-hybridized carbons (Fsp3) is 0.500. The molecule has 0 aliphatic carbocycles. The van der Waals surface area contributed by atoms with E-state index < -0.39 is 22.0 Å². The molecule has 116 valence electrons. The summed E-state index contributed by atoms with van der Waals surface area (Å²) in [7, 11) is -1.16. The van der Waals surface area contributed by atoms with E-state index in [1.165, 1.54) is 14.2 Å². The second-order valence-electron chi connectivity index (χ2n) is 4.29. The zero-order chi connectivity index (χ0) is 15.3. The van der Waals surface area contributed by atoms with Crippen LogP contribution in [0, 0.1) is 6.92 Å². The van der Waals surface area contributed by atoms with Gasteiger partial charge in [0.05, 0.1) is 20.3 Å². The van der Waals surface area contributed by atoms with Gasteiger partial charge in [0.25, 0.3) is 10.1 Å². The maximum absolute atomic E-state index is 10.6. The Morgan fingerprint density at radius 2 is 1.95 bits per heavy atom. The number of hydrogen-bond donors (Lipinski definition) is 3. The molecule has 0 saturated heterocycles. The zero-order valence-corrected chi connectivity index (χ0v) is 15.4. The van der Waals surface area contributed by atoms with Crippen LogP contribution in [0.15, 0.2) is 12.1 Å². The third kappa shape index (κ3) is 6.86. The monoisotopic (exact) mass is 329 g/mol. The fourth-order valence-electron chi connectivity index (χ4n) is 1.71. The van der Waals surface area contributed by atoms with E-state index in [0.717, 1.165) is 5.56 Å². The maximum atomic E-state index is 10.6. The molecule has 7 nitrogen and oxygen atoms in total. The van der Waals surface area contributed by atoms with Crippen LogP contribution in [-0.2, 0) is 10.1 Å². The van der Waals surface area contributed by atoms with Crippen molar-refractivity contribution in [1.82, 2.24) is 0 Å². The minimum absolute atomic E-state index is 0. The minimum atomic E-state index is -4.20. The molecule has 0 aromatic heterocycles. The molecule has 0 aliphatic rings. The minimum Gasteiger partial charge on any atom is -1.00 e. The predicted molar refractivity (Wildman–Crippen MR) is 76.3 cm³/mol. The van der Waals surface area contributed by atoms with E-state index in [4.69, 9.17) is 14.0 Å². The summed E-state index contributed by atoms with van der Waals surface area (Å²) in [6.07, 6.45) is -1.22. The second kappa shape index (κ2) is 8.82. The Kier molecular flexibility index (Phi) is 8.60. The molecule has 0 saturated carbocycles. The van der Waals surface area contributed by atoms with Crippen molar-refractivity contribution in [3.8, 4) is 11.5 Å². The van der Waals surface area contributed by atoms with Crippen LogP contribution in [0.2, 0.25) is 0 Å². The van der Waals surface area contributed by atoms with Crippen LogP contribution in [0.25, 0.3) is 0 Å². The topological polar surface area (TPSA) is 105 Å². The van der Waals surface area contributed by atoms with Crippen LogP contribution in [0.4, 0.5) is 5.69 Å². The van der Waals surface area contributed by atoms with Crippen molar-refractivity contribution in [2.24, 2.45) is 0 Å². The first-order chi connectivity index (χ1) is 9.26. The smallest absolute Gasteiger partial charge is 1.00 e. The molecule has 0 heterocycles. The van der Waals surface area contributed by atoms with Crippen LogP contribution in [0.3, 0.4) is 0 Å². The number of nitrogens with one attached hydrogen (secondary N) is 1. The molecular weight excluding hydrogens is 309 g/mol. The summed E-state index contributed by atoms with van der Waals surface area (Å²) in [6.45, 7) is 1.78. The van der Waals surface area contributed by atoms with E-state index in [9.17, 15) is 13.5 Å². The molecule has 0 radical (unpaired) electrons. The van der Waals surface area contributed by atoms with Gasteiger partial charge >= 0.3 is 29.6 Å². The number of benzene rings is 1. The van der Waals surface area contributed by atoms with Gasteiger partial charge in [-0.1, -0.05) is 0 Å². The number of rotatable bonds is 7. The van der Waals surface area contributed by atoms with E-state index in [1.54, 1.807) is 12.1 Å². The number of aliphatic hydroxyl groups excluding tert-OH is 1.